The van der Waals surface area contributed by atoms with E-state index in [0.29, 0.717) is 6.42 Å². The van der Waals surface area contributed by atoms with Gasteiger partial charge in [0.25, 0.3) is 0 Å². The Balaban J connectivity index is 1.65. The lowest BCUT2D eigenvalue weighted by Crippen LogP contribution is -2.15. The van der Waals surface area contributed by atoms with Crippen LogP contribution < -0.4 is 5.32 Å². The second-order valence-electron chi connectivity index (χ2n) is 5.10. The van der Waals surface area contributed by atoms with Crippen molar-refractivity contribution < 1.29 is 9.53 Å². The summed E-state index contributed by atoms with van der Waals surface area (Å²) < 4.78 is 5.53. The van der Waals surface area contributed by atoms with Gasteiger partial charge in [0.2, 0.25) is 5.91 Å². The number of carbonyl (C=O) groups is 1. The molecule has 4 nitrogen and oxygen atoms in total. The number of carbonyl (C=O) groups excluding carboxylic acids is 1. The molecule has 0 radical (unpaired) electrons. The topological polar surface area (TPSA) is 51.2 Å². The van der Waals surface area contributed by atoms with Crippen molar-refractivity contribution in [2.75, 3.05) is 11.9 Å². The molecule has 0 spiro atoms. The Morgan fingerprint density at radius 3 is 3.15 bits per heavy atom. The summed E-state index contributed by atoms with van der Waals surface area (Å²) in [6.45, 7) is 0.835. The van der Waals surface area contributed by atoms with Crippen LogP contribution in [0.4, 0.5) is 5.69 Å². The van der Waals surface area contributed by atoms with E-state index in [-0.39, 0.29) is 12.0 Å². The van der Waals surface area contributed by atoms with Gasteiger partial charge in [0.05, 0.1) is 17.3 Å². The van der Waals surface area contributed by atoms with Crippen LogP contribution in [0.15, 0.2) is 36.5 Å². The van der Waals surface area contributed by atoms with Crippen LogP contribution in [0.5, 0.6) is 0 Å². The largest absolute Gasteiger partial charge is 0.378 e. The minimum Gasteiger partial charge on any atom is -0.378 e. The molecule has 2 aromatic rings. The molecule has 4 heteroatoms. The molecule has 104 valence electrons. The number of fused-ring (bicyclic) bond motifs is 1. The molecule has 3 rings (SSSR count). The highest BCUT2D eigenvalue weighted by Crippen LogP contribution is 2.22. The van der Waals surface area contributed by atoms with Gasteiger partial charge in [-0.05, 0) is 43.5 Å². The number of aromatic nitrogens is 1. The van der Waals surface area contributed by atoms with Gasteiger partial charge in [-0.25, -0.2) is 0 Å². The second kappa shape index (κ2) is 6.01. The molecular formula is C16H18N2O2. The van der Waals surface area contributed by atoms with Crippen molar-refractivity contribution in [3.05, 3.63) is 36.5 Å². The van der Waals surface area contributed by atoms with Crippen LogP contribution in [0.25, 0.3) is 10.9 Å². The first kappa shape index (κ1) is 13.1. The minimum absolute atomic E-state index is 0.0388. The fourth-order valence-corrected chi connectivity index (χ4v) is 2.59. The zero-order valence-corrected chi connectivity index (χ0v) is 11.3. The molecule has 1 atom stereocenters. The molecule has 0 saturated carbocycles. The molecule has 1 aromatic heterocycles. The third-order valence-electron chi connectivity index (χ3n) is 3.64. The number of nitrogens with zero attached hydrogens (tertiary/aromatic N) is 1. The number of nitrogens with one attached hydrogen (secondary N) is 1. The zero-order chi connectivity index (χ0) is 13.8. The van der Waals surface area contributed by atoms with E-state index in [9.17, 15) is 4.79 Å². The van der Waals surface area contributed by atoms with Crippen molar-refractivity contribution in [3.63, 3.8) is 0 Å². The molecular weight excluding hydrogens is 252 g/mol. The van der Waals surface area contributed by atoms with E-state index in [1.54, 1.807) is 6.20 Å². The lowest BCUT2D eigenvalue weighted by molar-refractivity contribution is -0.116. The molecule has 1 saturated heterocycles. The van der Waals surface area contributed by atoms with E-state index in [2.05, 4.69) is 10.3 Å². The molecule has 2 heterocycles. The van der Waals surface area contributed by atoms with Gasteiger partial charge < -0.3 is 10.1 Å². The number of hydrogen-bond donors (Lipinski definition) is 1. The highest BCUT2D eigenvalue weighted by atomic mass is 16.5. The van der Waals surface area contributed by atoms with Crippen LogP contribution in [-0.2, 0) is 9.53 Å². The van der Waals surface area contributed by atoms with Crippen LogP contribution in [0, 0.1) is 0 Å². The molecule has 20 heavy (non-hydrogen) atoms. The van der Waals surface area contributed by atoms with Crippen LogP contribution >= 0.6 is 0 Å². The average molecular weight is 270 g/mol. The maximum atomic E-state index is 12.0. The first-order valence-corrected chi connectivity index (χ1v) is 7.08. The summed E-state index contributed by atoms with van der Waals surface area (Å²) in [6.07, 6.45) is 5.50. The van der Waals surface area contributed by atoms with Gasteiger partial charge in [-0.1, -0.05) is 6.07 Å². The predicted molar refractivity (Wildman–Crippen MR) is 78.6 cm³/mol. The Hall–Kier alpha value is -1.94. The maximum absolute atomic E-state index is 12.0. The number of amides is 1. The van der Waals surface area contributed by atoms with E-state index in [4.69, 9.17) is 4.74 Å². The molecule has 1 aliphatic heterocycles. The number of pyridine rings is 1. The maximum Gasteiger partial charge on any atom is 0.224 e. The fourth-order valence-electron chi connectivity index (χ4n) is 2.59. The number of rotatable bonds is 4. The van der Waals surface area contributed by atoms with Gasteiger partial charge in [0.15, 0.2) is 0 Å². The molecule has 1 unspecified atom stereocenters. The molecule has 0 bridgehead atoms. The summed E-state index contributed by atoms with van der Waals surface area (Å²) in [5, 5.41) is 3.95. The van der Waals surface area contributed by atoms with Crippen molar-refractivity contribution in [1.29, 1.82) is 0 Å². The van der Waals surface area contributed by atoms with Crippen molar-refractivity contribution in [1.82, 2.24) is 4.98 Å². The van der Waals surface area contributed by atoms with Gasteiger partial charge in [0.1, 0.15) is 0 Å². The van der Waals surface area contributed by atoms with Crippen molar-refractivity contribution in [2.45, 2.75) is 31.8 Å². The first-order chi connectivity index (χ1) is 9.83. The highest BCUT2D eigenvalue weighted by molar-refractivity contribution is 6.00. The van der Waals surface area contributed by atoms with Crippen LogP contribution in [0.1, 0.15) is 25.7 Å². The number of hydrogen-bond acceptors (Lipinski definition) is 3. The van der Waals surface area contributed by atoms with Gasteiger partial charge in [-0.3, -0.25) is 9.78 Å². The molecule has 0 aliphatic carbocycles. The fraction of sp³-hybridized carbons (Fsp3) is 0.375. The standard InChI is InChI=1S/C16H18N2O2/c19-16(9-8-12-4-3-11-20-12)18-15-7-1-6-14-13(15)5-2-10-17-14/h1-2,5-7,10,12H,3-4,8-9,11H2,(H,18,19). The Labute approximate surface area is 118 Å². The Bertz CT molecular complexity index is 601. The number of ether oxygens (including phenoxy) is 1. The molecule has 1 fully saturated rings. The molecule has 1 aliphatic rings. The Morgan fingerprint density at radius 2 is 2.30 bits per heavy atom. The highest BCUT2D eigenvalue weighted by Gasteiger charge is 2.16. The van der Waals surface area contributed by atoms with E-state index in [1.165, 1.54) is 0 Å². The third-order valence-corrected chi connectivity index (χ3v) is 3.64. The lowest BCUT2D eigenvalue weighted by atomic mass is 10.1. The van der Waals surface area contributed by atoms with Crippen LogP contribution in [0.3, 0.4) is 0 Å². The Morgan fingerprint density at radius 1 is 1.35 bits per heavy atom. The monoisotopic (exact) mass is 270 g/mol. The Kier molecular flexibility index (Phi) is 3.92. The summed E-state index contributed by atoms with van der Waals surface area (Å²) in [6, 6.07) is 9.61. The van der Waals surface area contributed by atoms with Crippen LogP contribution in [-0.4, -0.2) is 23.6 Å². The smallest absolute Gasteiger partial charge is 0.224 e. The van der Waals surface area contributed by atoms with Gasteiger partial charge in [-0.15, -0.1) is 0 Å². The number of anilines is 1. The van der Waals surface area contributed by atoms with E-state index < -0.39 is 0 Å². The summed E-state index contributed by atoms with van der Waals surface area (Å²) in [7, 11) is 0. The zero-order valence-electron chi connectivity index (χ0n) is 11.3. The average Bonchev–Trinajstić information content (AvgIpc) is 2.99. The molecule has 1 aromatic carbocycles. The second-order valence-corrected chi connectivity index (χ2v) is 5.10. The van der Waals surface area contributed by atoms with E-state index >= 15 is 0 Å². The van der Waals surface area contributed by atoms with Crippen molar-refractivity contribution >= 4 is 22.5 Å². The summed E-state index contributed by atoms with van der Waals surface area (Å²) in [5.74, 6) is 0.0388. The van der Waals surface area contributed by atoms with Crippen molar-refractivity contribution in [3.8, 4) is 0 Å². The summed E-state index contributed by atoms with van der Waals surface area (Å²) in [5.41, 5.74) is 1.72. The SMILES string of the molecule is O=C(CCC1CCCO1)Nc1cccc2ncccc12. The normalized spacial score (nSPS) is 18.3. The number of benzene rings is 1. The molecule has 1 amide bonds. The minimum atomic E-state index is 0.0388. The quantitative estimate of drug-likeness (QED) is 0.928. The first-order valence-electron chi connectivity index (χ1n) is 7.08. The lowest BCUT2D eigenvalue weighted by Gasteiger charge is -2.10. The van der Waals surface area contributed by atoms with Crippen LogP contribution in [0.2, 0.25) is 0 Å². The summed E-state index contributed by atoms with van der Waals surface area (Å²) in [4.78, 5) is 16.3. The summed E-state index contributed by atoms with van der Waals surface area (Å²) >= 11 is 0. The van der Waals surface area contributed by atoms with E-state index in [0.717, 1.165) is 42.5 Å². The predicted octanol–water partition coefficient (Wildman–Crippen LogP) is 3.13. The van der Waals surface area contributed by atoms with Gasteiger partial charge in [0, 0.05) is 24.6 Å². The van der Waals surface area contributed by atoms with E-state index in [1.807, 2.05) is 30.3 Å². The third kappa shape index (κ3) is 2.96. The van der Waals surface area contributed by atoms with Gasteiger partial charge in [-0.2, -0.15) is 0 Å². The molecule has 1 N–H and O–H groups in total. The van der Waals surface area contributed by atoms with Crippen molar-refractivity contribution in [2.24, 2.45) is 0 Å². The van der Waals surface area contributed by atoms with Gasteiger partial charge >= 0.3 is 0 Å².